The average Bonchev–Trinajstić information content (AvgIpc) is 3.32. The molecule has 42 heavy (non-hydrogen) atoms. The third-order valence-electron chi connectivity index (χ3n) is 5.60. The molecule has 1 unspecified atom stereocenters. The molecule has 0 aliphatic heterocycles. The molecular weight excluding hydrogens is 625 g/mol. The van der Waals surface area contributed by atoms with Crippen molar-refractivity contribution in [2.24, 2.45) is 16.0 Å². The first-order chi connectivity index (χ1) is 19.7. The van der Waals surface area contributed by atoms with E-state index in [0.29, 0.717) is 29.1 Å². The molecule has 0 fully saturated rings. The van der Waals surface area contributed by atoms with Crippen LogP contribution in [0.1, 0.15) is 35.4 Å². The van der Waals surface area contributed by atoms with Gasteiger partial charge in [0.15, 0.2) is 5.17 Å². The molecule has 2 aromatic carbocycles. The molecule has 2 amide bonds. The molecule has 9 N–H and O–H groups in total. The van der Waals surface area contributed by atoms with Crippen molar-refractivity contribution in [1.29, 1.82) is 5.41 Å². The van der Waals surface area contributed by atoms with Gasteiger partial charge in [0.25, 0.3) is 0 Å². The smallest absolute Gasteiger partial charge is 0.238 e. The second-order valence-corrected chi connectivity index (χ2v) is 14.5. The van der Waals surface area contributed by atoms with Crippen molar-refractivity contribution >= 4 is 65.3 Å². The Hall–Kier alpha value is -3.26. The molecule has 0 saturated heterocycles. The quantitative estimate of drug-likeness (QED) is 0.0660. The molecule has 1 atom stereocenters. The van der Waals surface area contributed by atoms with E-state index in [9.17, 15) is 26.4 Å². The van der Waals surface area contributed by atoms with Crippen LogP contribution in [-0.2, 0) is 48.9 Å². The van der Waals surface area contributed by atoms with Gasteiger partial charge < -0.3 is 16.4 Å². The molecule has 0 aliphatic carbocycles. The lowest BCUT2D eigenvalue weighted by molar-refractivity contribution is -0.119. The van der Waals surface area contributed by atoms with Crippen LogP contribution in [0.15, 0.2) is 58.3 Å². The van der Waals surface area contributed by atoms with Gasteiger partial charge in [0.05, 0.1) is 28.0 Å². The number of aryl methyl sites for hydroxylation is 1. The van der Waals surface area contributed by atoms with E-state index in [4.69, 9.17) is 21.4 Å². The van der Waals surface area contributed by atoms with Crippen LogP contribution in [-0.4, -0.2) is 49.4 Å². The Kier molecular flexibility index (Phi) is 11.7. The van der Waals surface area contributed by atoms with E-state index in [1.165, 1.54) is 59.9 Å². The fraction of sp³-hybridized carbons (Fsp3) is 0.292. The molecule has 0 radical (unpaired) electrons. The van der Waals surface area contributed by atoms with Gasteiger partial charge in [0.1, 0.15) is 5.01 Å². The van der Waals surface area contributed by atoms with Crippen LogP contribution in [0.2, 0.25) is 0 Å². The zero-order chi connectivity index (χ0) is 30.9. The van der Waals surface area contributed by atoms with Crippen LogP contribution in [0.3, 0.4) is 0 Å². The minimum Gasteiger partial charge on any atom is -0.319 e. The van der Waals surface area contributed by atoms with Crippen molar-refractivity contribution in [1.82, 2.24) is 15.5 Å². The van der Waals surface area contributed by atoms with E-state index in [1.54, 1.807) is 0 Å². The van der Waals surface area contributed by atoms with Crippen LogP contribution in [0.4, 0.5) is 5.13 Å². The van der Waals surface area contributed by atoms with Crippen LogP contribution >= 0.6 is 23.1 Å². The molecule has 0 aliphatic rings. The molecule has 3 rings (SSSR count). The van der Waals surface area contributed by atoms with E-state index in [0.717, 1.165) is 29.6 Å². The molecule has 18 heteroatoms. The first-order valence-electron chi connectivity index (χ1n) is 12.4. The number of carbonyl (C=O) groups is 2. The number of rotatable bonds is 13. The van der Waals surface area contributed by atoms with Crippen molar-refractivity contribution in [2.45, 2.75) is 53.7 Å². The Morgan fingerprint density at radius 1 is 0.857 bits per heavy atom. The molecule has 226 valence electrons. The fourth-order valence-electron chi connectivity index (χ4n) is 3.57. The number of sulfonamides is 2. The molecule has 14 nitrogen and oxygen atoms in total. The highest BCUT2D eigenvalue weighted by atomic mass is 32.2. The zero-order valence-corrected chi connectivity index (χ0v) is 25.4. The number of benzene rings is 2. The number of amides is 2. The number of thioether (sulfide) groups is 1. The summed E-state index contributed by atoms with van der Waals surface area (Å²) in [4.78, 5) is 24.4. The predicted molar refractivity (Wildman–Crippen MR) is 161 cm³/mol. The van der Waals surface area contributed by atoms with Crippen molar-refractivity contribution in [3.63, 3.8) is 0 Å². The summed E-state index contributed by atoms with van der Waals surface area (Å²) in [6, 6.07) is 11.3. The van der Waals surface area contributed by atoms with Gasteiger partial charge in [-0.05, 0) is 48.2 Å². The topological polar surface area (TPSA) is 254 Å². The number of anilines is 1. The summed E-state index contributed by atoms with van der Waals surface area (Å²) >= 11 is 2.28. The Balaban J connectivity index is 1.32. The lowest BCUT2D eigenvalue weighted by Gasteiger charge is -2.12. The molecular formula is C24H30N8O6S4. The normalized spacial score (nSPS) is 12.5. The maximum atomic E-state index is 12.3. The Labute approximate surface area is 251 Å². The van der Waals surface area contributed by atoms with E-state index < -0.39 is 31.3 Å². The molecule has 1 aromatic heterocycles. The molecule has 1 heterocycles. The van der Waals surface area contributed by atoms with Gasteiger partial charge in [0.2, 0.25) is 37.0 Å². The Morgan fingerprint density at radius 2 is 1.38 bits per heavy atom. The number of carbonyl (C=O) groups excluding carboxylic acids is 2. The summed E-state index contributed by atoms with van der Waals surface area (Å²) in [5, 5.41) is 31.9. The maximum absolute atomic E-state index is 12.3. The van der Waals surface area contributed by atoms with E-state index in [2.05, 4.69) is 20.8 Å². The number of aromatic nitrogens is 2. The van der Waals surface area contributed by atoms with Crippen molar-refractivity contribution in [3.05, 3.63) is 64.7 Å². The summed E-state index contributed by atoms with van der Waals surface area (Å²) in [7, 11) is -7.61. The van der Waals surface area contributed by atoms with Crippen molar-refractivity contribution in [2.75, 3.05) is 5.32 Å². The SMILES string of the molecule is N=C(NC(=O)Cc1ccc(S(N)(=O)=O)cc1)SC(N)CCCCc1nnc(NC(=O)Cc2ccc(S(N)(=O)=O)cc2)s1. The van der Waals surface area contributed by atoms with E-state index >= 15 is 0 Å². The number of nitrogens with two attached hydrogens (primary N) is 3. The average molecular weight is 655 g/mol. The lowest BCUT2D eigenvalue weighted by atomic mass is 10.1. The first kappa shape index (κ1) is 33.2. The number of primary sulfonamides is 2. The van der Waals surface area contributed by atoms with Crippen LogP contribution in [0.25, 0.3) is 0 Å². The largest absolute Gasteiger partial charge is 0.319 e. The fourth-order valence-corrected chi connectivity index (χ4v) is 6.15. The predicted octanol–water partition coefficient (Wildman–Crippen LogP) is 1.04. The van der Waals surface area contributed by atoms with Gasteiger partial charge >= 0.3 is 0 Å². The Bertz CT molecular complexity index is 1630. The van der Waals surface area contributed by atoms with Crippen molar-refractivity contribution in [3.8, 4) is 0 Å². The maximum Gasteiger partial charge on any atom is 0.238 e. The second kappa shape index (κ2) is 14.8. The molecule has 3 aromatic rings. The Morgan fingerprint density at radius 3 is 1.90 bits per heavy atom. The summed E-state index contributed by atoms with van der Waals surface area (Å²) < 4.78 is 45.3. The van der Waals surface area contributed by atoms with Gasteiger partial charge in [-0.15, -0.1) is 10.2 Å². The zero-order valence-electron chi connectivity index (χ0n) is 22.1. The summed E-state index contributed by atoms with van der Waals surface area (Å²) in [6.45, 7) is 0. The molecule has 0 spiro atoms. The summed E-state index contributed by atoms with van der Waals surface area (Å²) in [5.74, 6) is -0.749. The van der Waals surface area contributed by atoms with Gasteiger partial charge in [-0.1, -0.05) is 53.8 Å². The van der Waals surface area contributed by atoms with Crippen LogP contribution in [0.5, 0.6) is 0 Å². The molecule has 0 saturated carbocycles. The van der Waals surface area contributed by atoms with Gasteiger partial charge in [0, 0.05) is 6.42 Å². The number of hydrogen-bond acceptors (Lipinski definition) is 12. The van der Waals surface area contributed by atoms with Gasteiger partial charge in [-0.2, -0.15) is 0 Å². The number of nitrogens with one attached hydrogen (secondary N) is 3. The first-order valence-corrected chi connectivity index (χ1v) is 17.1. The lowest BCUT2D eigenvalue weighted by Crippen LogP contribution is -2.32. The summed E-state index contributed by atoms with van der Waals surface area (Å²) in [5.41, 5.74) is 7.27. The van der Waals surface area contributed by atoms with Crippen LogP contribution < -0.4 is 26.6 Å². The van der Waals surface area contributed by atoms with Gasteiger partial charge in [-0.25, -0.2) is 27.1 Å². The number of hydrogen-bond donors (Lipinski definition) is 6. The number of amidine groups is 1. The van der Waals surface area contributed by atoms with E-state index in [-0.39, 0.29) is 33.7 Å². The third kappa shape index (κ3) is 11.2. The second-order valence-electron chi connectivity index (χ2n) is 9.06. The third-order valence-corrected chi connectivity index (χ3v) is 9.23. The highest BCUT2D eigenvalue weighted by molar-refractivity contribution is 8.14. The van der Waals surface area contributed by atoms with Crippen molar-refractivity contribution < 1.29 is 26.4 Å². The monoisotopic (exact) mass is 654 g/mol. The summed E-state index contributed by atoms with van der Waals surface area (Å²) in [6.07, 6.45) is 2.69. The van der Waals surface area contributed by atoms with Gasteiger partial charge in [-0.3, -0.25) is 15.0 Å². The minimum atomic E-state index is -3.81. The van der Waals surface area contributed by atoms with Crippen LogP contribution in [0, 0.1) is 5.41 Å². The standard InChI is InChI=1S/C24H30N8O6S4/c25-19(39-23(26)29-20(33)13-15-5-9-17(10-6-15)41(27,35)36)3-1-2-4-22-31-32-24(40-22)30-21(34)14-16-7-11-18(12-8-16)42(28,37)38/h5-12,19H,1-4,13-14,25H2,(H2,26,29,33)(H2,27,35,36)(H2,28,37,38)(H,30,32,34). The minimum absolute atomic E-state index is 0.0269. The number of unbranched alkanes of at least 4 members (excludes halogenated alkanes) is 1. The molecule has 0 bridgehead atoms. The highest BCUT2D eigenvalue weighted by Gasteiger charge is 2.14. The highest BCUT2D eigenvalue weighted by Crippen LogP contribution is 2.20. The number of nitrogens with zero attached hydrogens (tertiary/aromatic N) is 2. The van der Waals surface area contributed by atoms with E-state index in [1.807, 2.05) is 0 Å².